The lowest BCUT2D eigenvalue weighted by Crippen LogP contribution is -2.35. The predicted molar refractivity (Wildman–Crippen MR) is 78.7 cm³/mol. The van der Waals surface area contributed by atoms with Gasteiger partial charge in [0.1, 0.15) is 0 Å². The van der Waals surface area contributed by atoms with E-state index in [9.17, 15) is 0 Å². The second-order valence-corrected chi connectivity index (χ2v) is 5.71. The zero-order valence-electron chi connectivity index (χ0n) is 11.5. The van der Waals surface area contributed by atoms with Crippen LogP contribution in [0.5, 0.6) is 0 Å². The maximum absolute atomic E-state index is 3.80. The molecule has 0 amide bonds. The Balaban J connectivity index is 2.31. The lowest BCUT2D eigenvalue weighted by Gasteiger charge is -2.20. The number of hydrogen-bond donors (Lipinski definition) is 1. The van der Waals surface area contributed by atoms with Crippen molar-refractivity contribution in [3.05, 3.63) is 48.7 Å². The molecule has 0 unspecified atom stereocenters. The fraction of sp³-hybridized carbons (Fsp3) is 0.375. The van der Waals surface area contributed by atoms with Gasteiger partial charge in [-0.2, -0.15) is 0 Å². The number of rotatable bonds is 4. The molecule has 1 aromatic carbocycles. The summed E-state index contributed by atoms with van der Waals surface area (Å²) in [7, 11) is 0. The molecule has 2 heteroatoms. The summed E-state index contributed by atoms with van der Waals surface area (Å²) in [6.07, 6.45) is 4.06. The molecule has 0 radical (unpaired) electrons. The minimum absolute atomic E-state index is 0.145. The fourth-order valence-electron chi connectivity index (χ4n) is 2.10. The molecular formula is C16H22N2. The maximum Gasteiger partial charge on any atom is 0.0486 e. The van der Waals surface area contributed by atoms with E-state index in [-0.39, 0.29) is 5.54 Å². The molecule has 1 heterocycles. The van der Waals surface area contributed by atoms with E-state index in [0.29, 0.717) is 0 Å². The van der Waals surface area contributed by atoms with Crippen molar-refractivity contribution in [1.29, 1.82) is 0 Å². The van der Waals surface area contributed by atoms with Gasteiger partial charge in [0.2, 0.25) is 0 Å². The summed E-state index contributed by atoms with van der Waals surface area (Å²) in [6.45, 7) is 12.1. The topological polar surface area (TPSA) is 17.0 Å². The van der Waals surface area contributed by atoms with Crippen molar-refractivity contribution in [3.8, 4) is 0 Å². The number of allylic oxidation sites excluding steroid dienone is 1. The van der Waals surface area contributed by atoms with Gasteiger partial charge >= 0.3 is 0 Å². The molecule has 0 aliphatic rings. The van der Waals surface area contributed by atoms with Gasteiger partial charge in [0, 0.05) is 35.7 Å². The highest BCUT2D eigenvalue weighted by atomic mass is 15.0. The number of nitrogens with one attached hydrogen (secondary N) is 1. The molecule has 0 spiro atoms. The molecule has 2 aromatic rings. The Labute approximate surface area is 109 Å². The van der Waals surface area contributed by atoms with Crippen LogP contribution in [0.1, 0.15) is 26.3 Å². The highest BCUT2D eigenvalue weighted by Gasteiger charge is 2.10. The Morgan fingerprint density at radius 3 is 2.72 bits per heavy atom. The molecule has 0 saturated heterocycles. The van der Waals surface area contributed by atoms with Gasteiger partial charge in [-0.05, 0) is 38.5 Å². The molecule has 0 aliphatic carbocycles. The second-order valence-electron chi connectivity index (χ2n) is 5.71. The normalized spacial score (nSPS) is 11.9. The first-order valence-electron chi connectivity index (χ1n) is 6.44. The molecule has 0 saturated carbocycles. The van der Waals surface area contributed by atoms with Gasteiger partial charge in [-0.15, -0.1) is 6.58 Å². The Morgan fingerprint density at radius 1 is 1.28 bits per heavy atom. The minimum Gasteiger partial charge on any atom is -0.344 e. The summed E-state index contributed by atoms with van der Waals surface area (Å²) >= 11 is 0. The molecule has 2 rings (SSSR count). The molecule has 1 N–H and O–H groups in total. The molecule has 96 valence electrons. The van der Waals surface area contributed by atoms with Crippen molar-refractivity contribution in [2.45, 2.75) is 39.4 Å². The van der Waals surface area contributed by atoms with E-state index in [2.05, 4.69) is 67.7 Å². The monoisotopic (exact) mass is 242 g/mol. The van der Waals surface area contributed by atoms with Crippen LogP contribution in [0.4, 0.5) is 0 Å². The Hall–Kier alpha value is -1.54. The van der Waals surface area contributed by atoms with E-state index in [0.717, 1.165) is 13.1 Å². The largest absolute Gasteiger partial charge is 0.344 e. The van der Waals surface area contributed by atoms with Crippen molar-refractivity contribution in [1.82, 2.24) is 9.88 Å². The average molecular weight is 242 g/mol. The van der Waals surface area contributed by atoms with Gasteiger partial charge in [0.15, 0.2) is 0 Å². The van der Waals surface area contributed by atoms with Gasteiger partial charge < -0.3 is 9.88 Å². The quantitative estimate of drug-likeness (QED) is 0.809. The van der Waals surface area contributed by atoms with Crippen LogP contribution in [0, 0.1) is 0 Å². The number of nitrogens with zero attached hydrogens (tertiary/aromatic N) is 1. The standard InChI is InChI=1S/C16H22N2/c1-5-10-18-11-9-14-13(7-6-8-15(14)18)12-17-16(2,3)4/h5-9,11,17H,1,10,12H2,2-4H3. The van der Waals surface area contributed by atoms with E-state index in [1.54, 1.807) is 0 Å². The Kier molecular flexibility index (Phi) is 3.58. The maximum atomic E-state index is 3.80. The highest BCUT2D eigenvalue weighted by molar-refractivity contribution is 5.83. The van der Waals surface area contributed by atoms with E-state index < -0.39 is 0 Å². The lowest BCUT2D eigenvalue weighted by molar-refractivity contribution is 0.425. The van der Waals surface area contributed by atoms with E-state index in [1.165, 1.54) is 16.5 Å². The third-order valence-electron chi connectivity index (χ3n) is 3.04. The van der Waals surface area contributed by atoms with Gasteiger partial charge in [-0.25, -0.2) is 0 Å². The third kappa shape index (κ3) is 2.82. The van der Waals surface area contributed by atoms with Crippen molar-refractivity contribution in [3.63, 3.8) is 0 Å². The summed E-state index contributed by atoms with van der Waals surface area (Å²) in [6, 6.07) is 8.68. The van der Waals surface area contributed by atoms with Crippen LogP contribution >= 0.6 is 0 Å². The van der Waals surface area contributed by atoms with E-state index >= 15 is 0 Å². The lowest BCUT2D eigenvalue weighted by atomic mass is 10.1. The highest BCUT2D eigenvalue weighted by Crippen LogP contribution is 2.21. The number of benzene rings is 1. The van der Waals surface area contributed by atoms with Crippen LogP contribution < -0.4 is 5.32 Å². The van der Waals surface area contributed by atoms with Crippen LogP contribution in [-0.2, 0) is 13.1 Å². The van der Waals surface area contributed by atoms with Crippen LogP contribution in [0.25, 0.3) is 10.9 Å². The smallest absolute Gasteiger partial charge is 0.0486 e. The van der Waals surface area contributed by atoms with Crippen molar-refractivity contribution in [2.75, 3.05) is 0 Å². The van der Waals surface area contributed by atoms with Crippen molar-refractivity contribution < 1.29 is 0 Å². The Morgan fingerprint density at radius 2 is 2.06 bits per heavy atom. The molecule has 1 aromatic heterocycles. The SMILES string of the molecule is C=CCn1ccc2c(CNC(C)(C)C)cccc21. The van der Waals surface area contributed by atoms with Crippen molar-refractivity contribution >= 4 is 10.9 Å². The molecular weight excluding hydrogens is 220 g/mol. The zero-order valence-corrected chi connectivity index (χ0v) is 11.5. The first-order valence-corrected chi connectivity index (χ1v) is 6.44. The first-order chi connectivity index (χ1) is 8.51. The summed E-state index contributed by atoms with van der Waals surface area (Å²) < 4.78 is 2.23. The van der Waals surface area contributed by atoms with Gasteiger partial charge in [0.25, 0.3) is 0 Å². The van der Waals surface area contributed by atoms with Crippen LogP contribution in [-0.4, -0.2) is 10.1 Å². The molecule has 0 bridgehead atoms. The molecule has 0 aliphatic heterocycles. The fourth-order valence-corrected chi connectivity index (χ4v) is 2.10. The first kappa shape index (κ1) is 12.9. The van der Waals surface area contributed by atoms with Crippen molar-refractivity contribution in [2.24, 2.45) is 0 Å². The predicted octanol–water partition coefficient (Wildman–Crippen LogP) is 3.72. The number of aromatic nitrogens is 1. The summed E-state index contributed by atoms with van der Waals surface area (Å²) in [5.41, 5.74) is 2.78. The molecule has 2 nitrogen and oxygen atoms in total. The van der Waals surface area contributed by atoms with Crippen LogP contribution in [0.15, 0.2) is 43.1 Å². The van der Waals surface area contributed by atoms with Crippen LogP contribution in [0.2, 0.25) is 0 Å². The zero-order chi connectivity index (χ0) is 13.2. The van der Waals surface area contributed by atoms with E-state index in [4.69, 9.17) is 0 Å². The van der Waals surface area contributed by atoms with Crippen LogP contribution in [0.3, 0.4) is 0 Å². The Bertz CT molecular complexity index is 544. The second kappa shape index (κ2) is 4.99. The molecule has 18 heavy (non-hydrogen) atoms. The summed E-state index contributed by atoms with van der Waals surface area (Å²) in [4.78, 5) is 0. The van der Waals surface area contributed by atoms with Gasteiger partial charge in [-0.3, -0.25) is 0 Å². The summed E-state index contributed by atoms with van der Waals surface area (Å²) in [5, 5.41) is 4.87. The molecule has 0 atom stereocenters. The number of fused-ring (bicyclic) bond motifs is 1. The number of hydrogen-bond acceptors (Lipinski definition) is 1. The minimum atomic E-state index is 0.145. The third-order valence-corrected chi connectivity index (χ3v) is 3.04. The van der Waals surface area contributed by atoms with Gasteiger partial charge in [-0.1, -0.05) is 18.2 Å². The molecule has 0 fully saturated rings. The summed E-state index contributed by atoms with van der Waals surface area (Å²) in [5.74, 6) is 0. The van der Waals surface area contributed by atoms with E-state index in [1.807, 2.05) is 6.08 Å². The van der Waals surface area contributed by atoms with Gasteiger partial charge in [0.05, 0.1) is 0 Å². The average Bonchev–Trinajstić information content (AvgIpc) is 2.70.